The molecule has 84 valence electrons. The first-order valence-corrected chi connectivity index (χ1v) is 5.01. The highest BCUT2D eigenvalue weighted by Crippen LogP contribution is 2.28. The molecule has 1 aromatic carbocycles. The van der Waals surface area contributed by atoms with Crippen LogP contribution in [0, 0.1) is 0 Å². The molecule has 0 unspecified atom stereocenters. The Labute approximate surface area is 89.0 Å². The van der Waals surface area contributed by atoms with Gasteiger partial charge in [0.2, 0.25) is 0 Å². The predicted octanol–water partition coefficient (Wildman–Crippen LogP) is 1.26. The Hall–Kier alpha value is -1.26. The van der Waals surface area contributed by atoms with Gasteiger partial charge in [-0.3, -0.25) is 0 Å². The molecular formula is C11H17NO3. The van der Waals surface area contributed by atoms with Crippen LogP contribution in [0.15, 0.2) is 18.2 Å². The molecule has 0 aliphatic heterocycles. The fourth-order valence-electron chi connectivity index (χ4n) is 1.45. The summed E-state index contributed by atoms with van der Waals surface area (Å²) in [7, 11) is 0. The first-order valence-electron chi connectivity index (χ1n) is 5.01. The topological polar surface area (TPSA) is 86.7 Å². The monoisotopic (exact) mass is 211 g/mol. The highest BCUT2D eigenvalue weighted by Gasteiger charge is 2.16. The second-order valence-corrected chi connectivity index (χ2v) is 3.63. The van der Waals surface area contributed by atoms with E-state index in [1.165, 1.54) is 12.1 Å². The van der Waals surface area contributed by atoms with Gasteiger partial charge in [0.05, 0.1) is 12.1 Å². The van der Waals surface area contributed by atoms with Crippen LogP contribution in [-0.4, -0.2) is 21.4 Å². The summed E-state index contributed by atoms with van der Waals surface area (Å²) in [6.07, 6.45) is 0.834. The summed E-state index contributed by atoms with van der Waals surface area (Å²) in [6, 6.07) is 3.80. The first kappa shape index (κ1) is 11.8. The maximum atomic E-state index is 9.66. The Morgan fingerprint density at radius 3 is 2.47 bits per heavy atom. The van der Waals surface area contributed by atoms with Crippen molar-refractivity contribution in [1.29, 1.82) is 0 Å². The zero-order chi connectivity index (χ0) is 11.4. The van der Waals surface area contributed by atoms with Crippen molar-refractivity contribution in [2.75, 3.05) is 0 Å². The summed E-state index contributed by atoms with van der Waals surface area (Å²) in [5.74, 6) is -0.400. The lowest BCUT2D eigenvalue weighted by atomic mass is 9.99. The molecule has 0 saturated heterocycles. The summed E-state index contributed by atoms with van der Waals surface area (Å²) in [4.78, 5) is 0. The molecule has 0 aromatic heterocycles. The van der Waals surface area contributed by atoms with Crippen molar-refractivity contribution >= 4 is 0 Å². The van der Waals surface area contributed by atoms with Gasteiger partial charge in [0.15, 0.2) is 11.5 Å². The molecule has 0 fully saturated rings. The Bertz CT molecular complexity index is 328. The van der Waals surface area contributed by atoms with E-state index in [0.29, 0.717) is 12.0 Å². The molecule has 0 heterocycles. The number of nitrogens with two attached hydrogens (primary N) is 1. The number of aliphatic hydroxyl groups is 1. The van der Waals surface area contributed by atoms with Crippen molar-refractivity contribution in [3.8, 4) is 11.5 Å². The molecule has 5 N–H and O–H groups in total. The number of benzene rings is 1. The molecule has 0 aliphatic carbocycles. The van der Waals surface area contributed by atoms with Crippen LogP contribution in [0.3, 0.4) is 0 Å². The maximum absolute atomic E-state index is 9.66. The number of hydrogen-bond donors (Lipinski definition) is 4. The van der Waals surface area contributed by atoms with Crippen molar-refractivity contribution in [3.05, 3.63) is 23.8 Å². The molecule has 0 bridgehead atoms. The molecule has 1 aromatic rings. The van der Waals surface area contributed by atoms with E-state index in [1.54, 1.807) is 6.07 Å². The smallest absolute Gasteiger partial charge is 0.157 e. The Kier molecular flexibility index (Phi) is 3.94. The van der Waals surface area contributed by atoms with Crippen LogP contribution < -0.4 is 5.73 Å². The second kappa shape index (κ2) is 5.00. The fourth-order valence-corrected chi connectivity index (χ4v) is 1.45. The highest BCUT2D eigenvalue weighted by atomic mass is 16.3. The second-order valence-electron chi connectivity index (χ2n) is 3.63. The first-order chi connectivity index (χ1) is 7.06. The van der Waals surface area contributed by atoms with E-state index in [2.05, 4.69) is 0 Å². The molecule has 0 radical (unpaired) electrons. The molecule has 15 heavy (non-hydrogen) atoms. The van der Waals surface area contributed by atoms with Crippen LogP contribution in [-0.2, 0) is 0 Å². The van der Waals surface area contributed by atoms with Crippen LogP contribution in [0.1, 0.15) is 31.4 Å². The minimum absolute atomic E-state index is 0.184. The highest BCUT2D eigenvalue weighted by molar-refractivity contribution is 5.41. The zero-order valence-electron chi connectivity index (χ0n) is 8.72. The van der Waals surface area contributed by atoms with Gasteiger partial charge in [-0.05, 0) is 24.1 Å². The van der Waals surface area contributed by atoms with Gasteiger partial charge in [-0.15, -0.1) is 0 Å². The van der Waals surface area contributed by atoms with Gasteiger partial charge in [-0.1, -0.05) is 19.4 Å². The molecule has 0 aliphatic rings. The van der Waals surface area contributed by atoms with Crippen LogP contribution >= 0.6 is 0 Å². The minimum atomic E-state index is -0.626. The van der Waals surface area contributed by atoms with E-state index < -0.39 is 12.1 Å². The zero-order valence-corrected chi connectivity index (χ0v) is 8.72. The lowest BCUT2D eigenvalue weighted by Crippen LogP contribution is -2.25. The Balaban J connectivity index is 2.81. The lowest BCUT2D eigenvalue weighted by molar-refractivity contribution is 0.134. The predicted molar refractivity (Wildman–Crippen MR) is 57.6 cm³/mol. The standard InChI is InChI=1S/C11H17NO3/c1-2-3-9(14)11(12)7-4-5-8(13)10(15)6-7/h4-6,9,11,13-15H,2-3,12H2,1H3/t9-,11+/m0/s1. The summed E-state index contributed by atoms with van der Waals surface area (Å²) in [5.41, 5.74) is 6.42. The third-order valence-electron chi connectivity index (χ3n) is 2.38. The fraction of sp³-hybridized carbons (Fsp3) is 0.455. The number of aliphatic hydroxyl groups excluding tert-OH is 1. The average Bonchev–Trinajstić information content (AvgIpc) is 2.21. The molecule has 0 spiro atoms. The number of phenols is 2. The molecule has 1 rings (SSSR count). The van der Waals surface area contributed by atoms with Crippen LogP contribution in [0.25, 0.3) is 0 Å². The molecule has 0 saturated carbocycles. The van der Waals surface area contributed by atoms with Crippen molar-refractivity contribution in [1.82, 2.24) is 0 Å². The van der Waals surface area contributed by atoms with Gasteiger partial charge in [-0.2, -0.15) is 0 Å². The molecule has 4 heteroatoms. The van der Waals surface area contributed by atoms with Gasteiger partial charge >= 0.3 is 0 Å². The minimum Gasteiger partial charge on any atom is -0.504 e. The molecular weight excluding hydrogens is 194 g/mol. The quantitative estimate of drug-likeness (QED) is 0.565. The number of phenolic OH excluding ortho intramolecular Hbond substituents is 2. The summed E-state index contributed by atoms with van der Waals surface area (Å²) in [5, 5.41) is 28.0. The van der Waals surface area contributed by atoms with Gasteiger partial charge < -0.3 is 21.1 Å². The third kappa shape index (κ3) is 2.84. The van der Waals surface area contributed by atoms with Crippen molar-refractivity contribution < 1.29 is 15.3 Å². The SMILES string of the molecule is CCC[C@H](O)[C@H](N)c1ccc(O)c(O)c1. The van der Waals surface area contributed by atoms with Gasteiger partial charge in [0.25, 0.3) is 0 Å². The number of hydrogen-bond acceptors (Lipinski definition) is 4. The molecule has 2 atom stereocenters. The van der Waals surface area contributed by atoms with Gasteiger partial charge in [0, 0.05) is 0 Å². The van der Waals surface area contributed by atoms with E-state index >= 15 is 0 Å². The number of rotatable bonds is 4. The van der Waals surface area contributed by atoms with E-state index in [4.69, 9.17) is 10.8 Å². The summed E-state index contributed by atoms with van der Waals surface area (Å²) in [6.45, 7) is 1.96. The third-order valence-corrected chi connectivity index (χ3v) is 2.38. The van der Waals surface area contributed by atoms with Crippen molar-refractivity contribution in [3.63, 3.8) is 0 Å². The van der Waals surface area contributed by atoms with Crippen molar-refractivity contribution in [2.45, 2.75) is 31.9 Å². The van der Waals surface area contributed by atoms with E-state index in [0.717, 1.165) is 6.42 Å². The number of aromatic hydroxyl groups is 2. The largest absolute Gasteiger partial charge is 0.504 e. The van der Waals surface area contributed by atoms with Crippen LogP contribution in [0.5, 0.6) is 11.5 Å². The van der Waals surface area contributed by atoms with E-state index in [9.17, 15) is 10.2 Å². The normalized spacial score (nSPS) is 14.9. The van der Waals surface area contributed by atoms with Crippen LogP contribution in [0.2, 0.25) is 0 Å². The molecule has 0 amide bonds. The summed E-state index contributed by atoms with van der Waals surface area (Å²) >= 11 is 0. The summed E-state index contributed by atoms with van der Waals surface area (Å²) < 4.78 is 0. The van der Waals surface area contributed by atoms with E-state index in [1.807, 2.05) is 6.92 Å². The Morgan fingerprint density at radius 1 is 1.27 bits per heavy atom. The van der Waals surface area contributed by atoms with E-state index in [-0.39, 0.29) is 11.5 Å². The maximum Gasteiger partial charge on any atom is 0.157 e. The van der Waals surface area contributed by atoms with Gasteiger partial charge in [-0.25, -0.2) is 0 Å². The Morgan fingerprint density at radius 2 is 1.93 bits per heavy atom. The van der Waals surface area contributed by atoms with Crippen LogP contribution in [0.4, 0.5) is 0 Å². The molecule has 4 nitrogen and oxygen atoms in total. The van der Waals surface area contributed by atoms with Crippen molar-refractivity contribution in [2.24, 2.45) is 5.73 Å². The van der Waals surface area contributed by atoms with Gasteiger partial charge in [0.1, 0.15) is 0 Å². The average molecular weight is 211 g/mol. The lowest BCUT2D eigenvalue weighted by Gasteiger charge is -2.18.